The highest BCUT2D eigenvalue weighted by molar-refractivity contribution is 5.62. The van der Waals surface area contributed by atoms with Crippen molar-refractivity contribution in [2.75, 3.05) is 0 Å². The maximum Gasteiger partial charge on any atom is 0.226 e. The fourth-order valence-electron chi connectivity index (χ4n) is 3.54. The summed E-state index contributed by atoms with van der Waals surface area (Å²) in [6, 6.07) is 27.6. The number of rotatable bonds is 5. The molecule has 0 bridgehead atoms. The fourth-order valence-corrected chi connectivity index (χ4v) is 3.54. The van der Waals surface area contributed by atoms with Gasteiger partial charge in [-0.15, -0.1) is 0 Å². The zero-order valence-corrected chi connectivity index (χ0v) is 17.3. The van der Waals surface area contributed by atoms with Gasteiger partial charge in [0.25, 0.3) is 0 Å². The minimum atomic E-state index is 0.556. The maximum atomic E-state index is 6.13. The second-order valence-corrected chi connectivity index (χ2v) is 7.36. The molecular formula is C26H21N3O2. The minimum absolute atomic E-state index is 0.556. The lowest BCUT2D eigenvalue weighted by Crippen LogP contribution is -1.99. The summed E-state index contributed by atoms with van der Waals surface area (Å²) in [6.07, 6.45) is 1.75. The number of benzene rings is 3. The summed E-state index contributed by atoms with van der Waals surface area (Å²) in [5.74, 6) is 2.74. The summed E-state index contributed by atoms with van der Waals surface area (Å²) in [5.41, 5.74) is 4.87. The van der Waals surface area contributed by atoms with Crippen LogP contribution in [0.3, 0.4) is 0 Å². The summed E-state index contributed by atoms with van der Waals surface area (Å²) in [6.45, 7) is 4.03. The van der Waals surface area contributed by atoms with Crippen LogP contribution in [0.5, 0.6) is 11.5 Å². The lowest BCUT2D eigenvalue weighted by molar-refractivity contribution is 0.482. The standard InChI is InChI=1S/C26H21N3O2/c1-18-14-19(2)29(28-18)22-11-7-13-24(16-22)30-23-12-6-10-21(15-23)26-27-17-25(31-26)20-8-4-3-5-9-20/h3-17H,1-2H3. The van der Waals surface area contributed by atoms with Gasteiger partial charge in [0, 0.05) is 22.9 Å². The Kier molecular flexibility index (Phi) is 4.84. The second kappa shape index (κ2) is 7.95. The van der Waals surface area contributed by atoms with Gasteiger partial charge in [-0.2, -0.15) is 5.10 Å². The van der Waals surface area contributed by atoms with E-state index in [1.165, 1.54) is 0 Å². The third-order valence-corrected chi connectivity index (χ3v) is 4.95. The van der Waals surface area contributed by atoms with E-state index in [1.54, 1.807) is 6.20 Å². The van der Waals surface area contributed by atoms with Crippen LogP contribution in [0, 0.1) is 13.8 Å². The lowest BCUT2D eigenvalue weighted by Gasteiger charge is -2.09. The van der Waals surface area contributed by atoms with Crippen molar-refractivity contribution in [2.24, 2.45) is 0 Å². The summed E-state index contributed by atoms with van der Waals surface area (Å²) in [7, 11) is 0. The van der Waals surface area contributed by atoms with Crippen molar-refractivity contribution >= 4 is 0 Å². The number of hydrogen-bond acceptors (Lipinski definition) is 4. The van der Waals surface area contributed by atoms with E-state index in [-0.39, 0.29) is 0 Å². The van der Waals surface area contributed by atoms with E-state index < -0.39 is 0 Å². The van der Waals surface area contributed by atoms with Crippen LogP contribution in [0.4, 0.5) is 0 Å². The van der Waals surface area contributed by atoms with E-state index in [9.17, 15) is 0 Å². The van der Waals surface area contributed by atoms with Crippen LogP contribution in [-0.2, 0) is 0 Å². The Morgan fingerprint density at radius 3 is 2.29 bits per heavy atom. The molecule has 0 unspecified atom stereocenters. The molecular weight excluding hydrogens is 386 g/mol. The Bertz CT molecular complexity index is 1340. The molecule has 0 aliphatic carbocycles. The van der Waals surface area contributed by atoms with E-state index >= 15 is 0 Å². The van der Waals surface area contributed by atoms with Gasteiger partial charge in [0.2, 0.25) is 5.89 Å². The largest absolute Gasteiger partial charge is 0.457 e. The first kappa shape index (κ1) is 18.9. The van der Waals surface area contributed by atoms with Gasteiger partial charge < -0.3 is 9.15 Å². The van der Waals surface area contributed by atoms with E-state index in [4.69, 9.17) is 9.15 Å². The van der Waals surface area contributed by atoms with Gasteiger partial charge in [-0.3, -0.25) is 0 Å². The van der Waals surface area contributed by atoms with Crippen molar-refractivity contribution < 1.29 is 9.15 Å². The second-order valence-electron chi connectivity index (χ2n) is 7.36. The average Bonchev–Trinajstić information content (AvgIpc) is 3.41. The molecule has 5 rings (SSSR count). The van der Waals surface area contributed by atoms with Crippen LogP contribution in [0.25, 0.3) is 28.5 Å². The monoisotopic (exact) mass is 407 g/mol. The first-order chi connectivity index (χ1) is 15.2. The quantitative estimate of drug-likeness (QED) is 0.329. The van der Waals surface area contributed by atoms with Gasteiger partial charge in [0.1, 0.15) is 11.5 Å². The van der Waals surface area contributed by atoms with E-state index in [1.807, 2.05) is 97.4 Å². The molecule has 31 heavy (non-hydrogen) atoms. The van der Waals surface area contributed by atoms with Crippen molar-refractivity contribution in [2.45, 2.75) is 13.8 Å². The maximum absolute atomic E-state index is 6.13. The predicted octanol–water partition coefficient (Wildman–Crippen LogP) is 6.60. The number of aryl methyl sites for hydroxylation is 2. The molecule has 0 N–H and O–H groups in total. The summed E-state index contributed by atoms with van der Waals surface area (Å²) in [5, 5.41) is 4.55. The predicted molar refractivity (Wildman–Crippen MR) is 120 cm³/mol. The van der Waals surface area contributed by atoms with Crippen molar-refractivity contribution in [3.05, 3.63) is 103 Å². The molecule has 0 fully saturated rings. The smallest absolute Gasteiger partial charge is 0.226 e. The van der Waals surface area contributed by atoms with Gasteiger partial charge in [0.05, 0.1) is 17.6 Å². The number of hydrogen-bond donors (Lipinski definition) is 0. The molecule has 2 aromatic heterocycles. The van der Waals surface area contributed by atoms with E-state index in [0.29, 0.717) is 11.6 Å². The van der Waals surface area contributed by atoms with Gasteiger partial charge in [-0.1, -0.05) is 42.5 Å². The zero-order valence-electron chi connectivity index (χ0n) is 17.3. The van der Waals surface area contributed by atoms with Gasteiger partial charge in [0.15, 0.2) is 5.76 Å². The lowest BCUT2D eigenvalue weighted by atomic mass is 10.2. The Hall–Kier alpha value is -4.12. The molecule has 0 aliphatic rings. The molecule has 3 aromatic carbocycles. The number of ether oxygens (including phenoxy) is 1. The summed E-state index contributed by atoms with van der Waals surface area (Å²) in [4.78, 5) is 4.44. The van der Waals surface area contributed by atoms with Crippen LogP contribution in [0.1, 0.15) is 11.4 Å². The molecule has 0 radical (unpaired) electrons. The van der Waals surface area contributed by atoms with Crippen molar-refractivity contribution in [1.29, 1.82) is 0 Å². The van der Waals surface area contributed by atoms with Crippen LogP contribution in [-0.4, -0.2) is 14.8 Å². The van der Waals surface area contributed by atoms with Crippen LogP contribution in [0.2, 0.25) is 0 Å². The Morgan fingerprint density at radius 1 is 0.774 bits per heavy atom. The molecule has 5 aromatic rings. The Labute approximate surface area is 180 Å². The van der Waals surface area contributed by atoms with Crippen molar-refractivity contribution in [3.8, 4) is 40.0 Å². The van der Waals surface area contributed by atoms with E-state index in [0.717, 1.165) is 39.7 Å². The third-order valence-electron chi connectivity index (χ3n) is 4.95. The molecule has 0 saturated heterocycles. The van der Waals surface area contributed by atoms with Gasteiger partial charge in [-0.05, 0) is 50.2 Å². The molecule has 0 amide bonds. The Balaban J connectivity index is 1.40. The molecule has 152 valence electrons. The fraction of sp³-hybridized carbons (Fsp3) is 0.0769. The highest BCUT2D eigenvalue weighted by atomic mass is 16.5. The topological polar surface area (TPSA) is 53.1 Å². The first-order valence-electron chi connectivity index (χ1n) is 10.1. The van der Waals surface area contributed by atoms with E-state index in [2.05, 4.69) is 16.1 Å². The molecule has 0 saturated carbocycles. The highest BCUT2D eigenvalue weighted by Crippen LogP contribution is 2.30. The van der Waals surface area contributed by atoms with Crippen LogP contribution < -0.4 is 4.74 Å². The van der Waals surface area contributed by atoms with Gasteiger partial charge >= 0.3 is 0 Å². The molecule has 5 nitrogen and oxygen atoms in total. The zero-order chi connectivity index (χ0) is 21.2. The first-order valence-corrected chi connectivity index (χ1v) is 10.1. The SMILES string of the molecule is Cc1cc(C)n(-c2cccc(Oc3cccc(-c4ncc(-c5ccccc5)o4)c3)c2)n1. The van der Waals surface area contributed by atoms with Crippen LogP contribution >= 0.6 is 0 Å². The Morgan fingerprint density at radius 2 is 1.52 bits per heavy atom. The van der Waals surface area contributed by atoms with Crippen molar-refractivity contribution in [1.82, 2.24) is 14.8 Å². The molecule has 0 atom stereocenters. The third kappa shape index (κ3) is 3.98. The summed E-state index contributed by atoms with van der Waals surface area (Å²) >= 11 is 0. The highest BCUT2D eigenvalue weighted by Gasteiger charge is 2.10. The number of oxazole rings is 1. The molecule has 0 spiro atoms. The van der Waals surface area contributed by atoms with Crippen LogP contribution in [0.15, 0.2) is 95.5 Å². The van der Waals surface area contributed by atoms with Crippen molar-refractivity contribution in [3.63, 3.8) is 0 Å². The molecule has 0 aliphatic heterocycles. The molecule has 2 heterocycles. The summed E-state index contributed by atoms with van der Waals surface area (Å²) < 4.78 is 14.0. The number of aromatic nitrogens is 3. The normalized spacial score (nSPS) is 10.9. The average molecular weight is 407 g/mol. The number of nitrogens with zero attached hydrogens (tertiary/aromatic N) is 3. The molecule has 5 heteroatoms. The minimum Gasteiger partial charge on any atom is -0.457 e. The van der Waals surface area contributed by atoms with Gasteiger partial charge in [-0.25, -0.2) is 9.67 Å².